The molecule has 1 aliphatic heterocycles. The molecule has 2 heterocycles. The number of benzene rings is 1. The molecular formula is C19H22N4O2. The summed E-state index contributed by atoms with van der Waals surface area (Å²) in [4.78, 5) is 18.2. The molecule has 1 N–H and O–H groups in total. The van der Waals surface area contributed by atoms with Crippen molar-refractivity contribution in [1.29, 1.82) is 5.26 Å². The number of carbonyl (C=O) groups excluding carboxylic acids is 1. The van der Waals surface area contributed by atoms with Crippen LogP contribution in [0.25, 0.3) is 10.9 Å². The van der Waals surface area contributed by atoms with E-state index in [1.807, 2.05) is 45.0 Å². The number of aromatic nitrogens is 1. The molecule has 1 fully saturated rings. The van der Waals surface area contributed by atoms with Crippen molar-refractivity contribution in [2.24, 2.45) is 0 Å². The van der Waals surface area contributed by atoms with E-state index in [0.29, 0.717) is 18.7 Å². The Labute approximate surface area is 147 Å². The average Bonchev–Trinajstić information content (AvgIpc) is 3.02. The molecule has 3 rings (SSSR count). The monoisotopic (exact) mass is 338 g/mol. The first-order valence-corrected chi connectivity index (χ1v) is 8.39. The van der Waals surface area contributed by atoms with Crippen LogP contribution in [0.15, 0.2) is 30.5 Å². The van der Waals surface area contributed by atoms with Crippen LogP contribution in [-0.4, -0.2) is 40.7 Å². The minimum absolute atomic E-state index is 0.142. The quantitative estimate of drug-likeness (QED) is 0.906. The molecule has 6 nitrogen and oxygen atoms in total. The average molecular weight is 338 g/mol. The first-order chi connectivity index (χ1) is 11.9. The summed E-state index contributed by atoms with van der Waals surface area (Å²) in [7, 11) is 0. The van der Waals surface area contributed by atoms with Gasteiger partial charge in [0.05, 0.1) is 11.1 Å². The zero-order valence-corrected chi connectivity index (χ0v) is 14.7. The van der Waals surface area contributed by atoms with Gasteiger partial charge in [-0.05, 0) is 45.4 Å². The molecule has 0 radical (unpaired) electrons. The molecule has 2 aromatic rings. The fourth-order valence-electron chi connectivity index (χ4n) is 2.93. The zero-order valence-electron chi connectivity index (χ0n) is 14.7. The second-order valence-electron chi connectivity index (χ2n) is 7.26. The number of fused-ring (bicyclic) bond motifs is 1. The van der Waals surface area contributed by atoms with Gasteiger partial charge in [0.2, 0.25) is 0 Å². The molecule has 25 heavy (non-hydrogen) atoms. The highest BCUT2D eigenvalue weighted by Gasteiger charge is 2.29. The van der Waals surface area contributed by atoms with Gasteiger partial charge in [-0.3, -0.25) is 4.98 Å². The van der Waals surface area contributed by atoms with Gasteiger partial charge in [-0.1, -0.05) is 6.07 Å². The highest BCUT2D eigenvalue weighted by atomic mass is 16.6. The molecule has 1 aliphatic rings. The Morgan fingerprint density at radius 1 is 1.44 bits per heavy atom. The molecule has 0 aliphatic carbocycles. The van der Waals surface area contributed by atoms with Crippen LogP contribution in [0.2, 0.25) is 0 Å². The third kappa shape index (κ3) is 4.00. The molecule has 1 saturated heterocycles. The molecule has 0 bridgehead atoms. The van der Waals surface area contributed by atoms with Gasteiger partial charge in [-0.15, -0.1) is 0 Å². The minimum atomic E-state index is -0.488. The van der Waals surface area contributed by atoms with E-state index in [2.05, 4.69) is 16.4 Å². The lowest BCUT2D eigenvalue weighted by atomic mass is 10.1. The van der Waals surface area contributed by atoms with Crippen molar-refractivity contribution in [3.8, 4) is 6.07 Å². The van der Waals surface area contributed by atoms with Gasteiger partial charge < -0.3 is 15.0 Å². The molecule has 0 unspecified atom stereocenters. The third-order valence-electron chi connectivity index (χ3n) is 4.05. The van der Waals surface area contributed by atoms with Crippen LogP contribution in [0.5, 0.6) is 0 Å². The molecule has 1 atom stereocenters. The Kier molecular flexibility index (Phi) is 4.49. The fraction of sp³-hybridized carbons (Fsp3) is 0.421. The van der Waals surface area contributed by atoms with E-state index in [0.717, 1.165) is 23.0 Å². The number of anilines is 1. The maximum Gasteiger partial charge on any atom is 0.410 e. The fourth-order valence-corrected chi connectivity index (χ4v) is 2.93. The summed E-state index contributed by atoms with van der Waals surface area (Å²) in [5, 5.41) is 13.5. The summed E-state index contributed by atoms with van der Waals surface area (Å²) >= 11 is 0. The van der Waals surface area contributed by atoms with E-state index in [1.165, 1.54) is 0 Å². The first-order valence-electron chi connectivity index (χ1n) is 8.39. The number of rotatable bonds is 2. The molecular weight excluding hydrogens is 316 g/mol. The predicted molar refractivity (Wildman–Crippen MR) is 96.3 cm³/mol. The Hall–Kier alpha value is -2.81. The smallest absolute Gasteiger partial charge is 0.410 e. The number of carbonyl (C=O) groups is 1. The van der Waals surface area contributed by atoms with Gasteiger partial charge >= 0.3 is 6.09 Å². The van der Waals surface area contributed by atoms with Gasteiger partial charge in [0, 0.05) is 36.4 Å². The van der Waals surface area contributed by atoms with Crippen LogP contribution < -0.4 is 5.32 Å². The number of hydrogen-bond acceptors (Lipinski definition) is 5. The molecule has 6 heteroatoms. The van der Waals surface area contributed by atoms with Crippen molar-refractivity contribution in [2.45, 2.75) is 38.8 Å². The van der Waals surface area contributed by atoms with Gasteiger partial charge in [0.25, 0.3) is 0 Å². The SMILES string of the molecule is CC(C)(C)OC(=O)N1CC[C@H](Nc2cccc3ncc(C#N)cc23)C1. The number of hydrogen-bond donors (Lipinski definition) is 1. The molecule has 0 spiro atoms. The summed E-state index contributed by atoms with van der Waals surface area (Å²) in [6, 6.07) is 9.93. The van der Waals surface area contributed by atoms with Gasteiger partial charge in [-0.25, -0.2) is 4.79 Å². The molecule has 0 saturated carbocycles. The Morgan fingerprint density at radius 2 is 2.24 bits per heavy atom. The van der Waals surface area contributed by atoms with E-state index < -0.39 is 5.60 Å². The number of pyridine rings is 1. The van der Waals surface area contributed by atoms with Crippen molar-refractivity contribution >= 4 is 22.7 Å². The number of nitrogens with zero attached hydrogens (tertiary/aromatic N) is 3. The van der Waals surface area contributed by atoms with Crippen LogP contribution >= 0.6 is 0 Å². The number of nitriles is 1. The number of nitrogens with one attached hydrogen (secondary N) is 1. The second-order valence-corrected chi connectivity index (χ2v) is 7.26. The van der Waals surface area contributed by atoms with Crippen molar-refractivity contribution in [1.82, 2.24) is 9.88 Å². The van der Waals surface area contributed by atoms with E-state index in [-0.39, 0.29) is 12.1 Å². The summed E-state index contributed by atoms with van der Waals surface area (Å²) in [5.41, 5.74) is 1.81. The van der Waals surface area contributed by atoms with E-state index in [1.54, 1.807) is 11.1 Å². The normalized spacial score (nSPS) is 17.4. The van der Waals surface area contributed by atoms with Crippen LogP contribution in [0.3, 0.4) is 0 Å². The van der Waals surface area contributed by atoms with Crippen LogP contribution in [0.4, 0.5) is 10.5 Å². The highest BCUT2D eigenvalue weighted by molar-refractivity contribution is 5.92. The number of amides is 1. The van der Waals surface area contributed by atoms with E-state index in [4.69, 9.17) is 10.00 Å². The van der Waals surface area contributed by atoms with Crippen molar-refractivity contribution < 1.29 is 9.53 Å². The van der Waals surface area contributed by atoms with Crippen LogP contribution in [0.1, 0.15) is 32.8 Å². The van der Waals surface area contributed by atoms with Crippen LogP contribution in [-0.2, 0) is 4.74 Å². The number of likely N-dealkylation sites (tertiary alicyclic amines) is 1. The lowest BCUT2D eigenvalue weighted by molar-refractivity contribution is 0.0293. The van der Waals surface area contributed by atoms with E-state index in [9.17, 15) is 4.79 Å². The summed E-state index contributed by atoms with van der Waals surface area (Å²) in [6.07, 6.45) is 2.15. The van der Waals surface area contributed by atoms with Crippen LogP contribution in [0, 0.1) is 11.3 Å². The van der Waals surface area contributed by atoms with Crippen molar-refractivity contribution in [3.63, 3.8) is 0 Å². The molecule has 1 aromatic heterocycles. The maximum atomic E-state index is 12.2. The number of ether oxygens (including phenoxy) is 1. The Bertz CT molecular complexity index is 835. The molecule has 1 aromatic carbocycles. The Balaban J connectivity index is 1.73. The Morgan fingerprint density at radius 3 is 2.96 bits per heavy atom. The highest BCUT2D eigenvalue weighted by Crippen LogP contribution is 2.25. The summed E-state index contributed by atoms with van der Waals surface area (Å²) in [6.45, 7) is 6.86. The van der Waals surface area contributed by atoms with Crippen molar-refractivity contribution in [3.05, 3.63) is 36.0 Å². The standard InChI is InChI=1S/C19H22N4O2/c1-19(2,3)25-18(24)23-8-7-14(12-23)22-17-6-4-5-16-15(17)9-13(10-20)11-21-16/h4-6,9,11,14,22H,7-8,12H2,1-3H3/t14-/m0/s1. The topological polar surface area (TPSA) is 78.2 Å². The molecule has 130 valence electrons. The van der Waals surface area contributed by atoms with Gasteiger partial charge in [0.1, 0.15) is 11.7 Å². The largest absolute Gasteiger partial charge is 0.444 e. The predicted octanol–water partition coefficient (Wildman–Crippen LogP) is 3.53. The third-order valence-corrected chi connectivity index (χ3v) is 4.05. The minimum Gasteiger partial charge on any atom is -0.444 e. The van der Waals surface area contributed by atoms with Gasteiger partial charge in [-0.2, -0.15) is 5.26 Å². The first kappa shape index (κ1) is 17.0. The summed E-state index contributed by atoms with van der Waals surface area (Å²) < 4.78 is 5.43. The summed E-state index contributed by atoms with van der Waals surface area (Å²) in [5.74, 6) is 0. The van der Waals surface area contributed by atoms with Crippen molar-refractivity contribution in [2.75, 3.05) is 18.4 Å². The van der Waals surface area contributed by atoms with E-state index >= 15 is 0 Å². The second kappa shape index (κ2) is 6.60. The zero-order chi connectivity index (χ0) is 18.0. The molecule has 1 amide bonds. The lowest BCUT2D eigenvalue weighted by Gasteiger charge is -2.24. The lowest BCUT2D eigenvalue weighted by Crippen LogP contribution is -2.36. The maximum absolute atomic E-state index is 12.2. The van der Waals surface area contributed by atoms with Gasteiger partial charge in [0.15, 0.2) is 0 Å².